The maximum atomic E-state index is 13.0. The lowest BCUT2D eigenvalue weighted by atomic mass is 10.1. The Morgan fingerprint density at radius 1 is 0.833 bits per heavy atom. The lowest BCUT2D eigenvalue weighted by molar-refractivity contribution is -0.130. The third-order valence-electron chi connectivity index (χ3n) is 6.32. The van der Waals surface area contributed by atoms with Gasteiger partial charge in [-0.2, -0.15) is 4.98 Å². The van der Waals surface area contributed by atoms with Crippen molar-refractivity contribution in [3.63, 3.8) is 0 Å². The number of amides is 1. The summed E-state index contributed by atoms with van der Waals surface area (Å²) in [6.45, 7) is 4.28. The Labute approximate surface area is 211 Å². The number of carbonyl (C=O) groups is 1. The zero-order chi connectivity index (χ0) is 24.6. The van der Waals surface area contributed by atoms with E-state index >= 15 is 0 Å². The molecule has 1 saturated heterocycles. The van der Waals surface area contributed by atoms with Crippen LogP contribution in [0.2, 0.25) is 0 Å². The summed E-state index contributed by atoms with van der Waals surface area (Å²) in [5, 5.41) is 4.15. The highest BCUT2D eigenvalue weighted by Crippen LogP contribution is 2.18. The molecule has 0 unspecified atom stereocenters. The maximum absolute atomic E-state index is 13.0. The van der Waals surface area contributed by atoms with Gasteiger partial charge in [-0.05, 0) is 41.8 Å². The molecule has 1 amide bonds. The highest BCUT2D eigenvalue weighted by molar-refractivity contribution is 5.78. The second-order valence-electron chi connectivity index (χ2n) is 8.99. The van der Waals surface area contributed by atoms with Gasteiger partial charge in [-0.1, -0.05) is 65.8 Å². The summed E-state index contributed by atoms with van der Waals surface area (Å²) in [6, 6.07) is 27.7. The Hall–Kier alpha value is -3.97. The minimum atomic E-state index is 0.153. The molecule has 3 aromatic carbocycles. The molecule has 4 aromatic rings. The topological polar surface area (TPSA) is 71.7 Å². The van der Waals surface area contributed by atoms with Crippen LogP contribution in [0.4, 0.5) is 0 Å². The van der Waals surface area contributed by atoms with Crippen molar-refractivity contribution in [2.24, 2.45) is 0 Å². The van der Waals surface area contributed by atoms with Gasteiger partial charge in [-0.3, -0.25) is 9.69 Å². The molecule has 1 aliphatic rings. The molecule has 0 aliphatic carbocycles. The third kappa shape index (κ3) is 6.37. The second kappa shape index (κ2) is 11.6. The van der Waals surface area contributed by atoms with E-state index in [-0.39, 0.29) is 5.91 Å². The zero-order valence-corrected chi connectivity index (χ0v) is 20.3. The van der Waals surface area contributed by atoms with Crippen molar-refractivity contribution in [3.05, 3.63) is 102 Å². The third-order valence-corrected chi connectivity index (χ3v) is 6.32. The smallest absolute Gasteiger partial charge is 0.257 e. The average Bonchev–Trinajstić information content (AvgIpc) is 3.26. The van der Waals surface area contributed by atoms with Crippen LogP contribution in [-0.4, -0.2) is 52.0 Å². The summed E-state index contributed by atoms with van der Waals surface area (Å²) in [4.78, 5) is 21.8. The Bertz CT molecular complexity index is 1240. The number of hydrogen-bond donors (Lipinski definition) is 0. The van der Waals surface area contributed by atoms with E-state index in [9.17, 15) is 4.79 Å². The van der Waals surface area contributed by atoms with Gasteiger partial charge in [0.05, 0.1) is 13.0 Å². The van der Waals surface area contributed by atoms with Crippen LogP contribution in [0.5, 0.6) is 5.75 Å². The molecular formula is C29H30N4O3. The molecule has 5 rings (SSSR count). The van der Waals surface area contributed by atoms with Gasteiger partial charge in [0.2, 0.25) is 5.91 Å². The first-order valence-electron chi connectivity index (χ1n) is 12.4. The van der Waals surface area contributed by atoms with Crippen molar-refractivity contribution in [2.75, 3.05) is 26.2 Å². The van der Waals surface area contributed by atoms with Crippen LogP contribution in [0.1, 0.15) is 23.4 Å². The Morgan fingerprint density at radius 3 is 2.36 bits per heavy atom. The van der Waals surface area contributed by atoms with Crippen molar-refractivity contribution < 1.29 is 14.1 Å². The number of aromatic nitrogens is 2. The summed E-state index contributed by atoms with van der Waals surface area (Å²) < 4.78 is 11.3. The zero-order valence-electron chi connectivity index (χ0n) is 20.3. The lowest BCUT2D eigenvalue weighted by Crippen LogP contribution is -2.36. The number of rotatable bonds is 8. The summed E-state index contributed by atoms with van der Waals surface area (Å²) in [5.74, 6) is 2.16. The summed E-state index contributed by atoms with van der Waals surface area (Å²) in [7, 11) is 0. The summed E-state index contributed by atoms with van der Waals surface area (Å²) in [5.41, 5.74) is 3.04. The van der Waals surface area contributed by atoms with E-state index in [1.807, 2.05) is 89.8 Å². The Kier molecular flexibility index (Phi) is 7.68. The fourth-order valence-corrected chi connectivity index (χ4v) is 4.33. The largest absolute Gasteiger partial charge is 0.489 e. The number of carbonyl (C=O) groups excluding carboxylic acids is 1. The van der Waals surface area contributed by atoms with E-state index < -0.39 is 0 Å². The van der Waals surface area contributed by atoms with Crippen molar-refractivity contribution in [1.29, 1.82) is 0 Å². The highest BCUT2D eigenvalue weighted by atomic mass is 16.5. The van der Waals surface area contributed by atoms with E-state index in [4.69, 9.17) is 9.26 Å². The molecule has 7 nitrogen and oxygen atoms in total. The van der Waals surface area contributed by atoms with Crippen LogP contribution in [-0.2, 0) is 24.4 Å². The van der Waals surface area contributed by atoms with Gasteiger partial charge in [0.25, 0.3) is 5.89 Å². The molecule has 0 spiro atoms. The van der Waals surface area contributed by atoms with Crippen molar-refractivity contribution in [3.8, 4) is 17.2 Å². The lowest BCUT2D eigenvalue weighted by Gasteiger charge is -2.21. The van der Waals surface area contributed by atoms with Crippen molar-refractivity contribution >= 4 is 5.91 Å². The van der Waals surface area contributed by atoms with Gasteiger partial charge in [0, 0.05) is 31.7 Å². The molecule has 0 saturated carbocycles. The molecule has 1 fully saturated rings. The Morgan fingerprint density at radius 2 is 1.58 bits per heavy atom. The van der Waals surface area contributed by atoms with Gasteiger partial charge < -0.3 is 14.2 Å². The SMILES string of the molecule is O=C(Cc1ccc(OCc2ccccc2)cc1)N1CCCN(Cc2noc(-c3ccccc3)n2)CC1. The first-order valence-corrected chi connectivity index (χ1v) is 12.4. The second-order valence-corrected chi connectivity index (χ2v) is 8.99. The van der Waals surface area contributed by atoms with Gasteiger partial charge >= 0.3 is 0 Å². The fraction of sp³-hybridized carbons (Fsp3) is 0.276. The molecule has 7 heteroatoms. The molecule has 0 radical (unpaired) electrons. The molecule has 0 atom stereocenters. The summed E-state index contributed by atoms with van der Waals surface area (Å²) in [6.07, 6.45) is 1.31. The van der Waals surface area contributed by atoms with Crippen LogP contribution in [0.3, 0.4) is 0 Å². The van der Waals surface area contributed by atoms with Gasteiger partial charge in [0.15, 0.2) is 5.82 Å². The molecule has 184 valence electrons. The molecular weight excluding hydrogens is 452 g/mol. The normalized spacial score (nSPS) is 14.4. The monoisotopic (exact) mass is 482 g/mol. The number of benzene rings is 3. The standard InChI is InChI=1S/C29H30N4O3/c34-28(20-23-12-14-26(15-13-23)35-22-24-8-3-1-4-9-24)33-17-7-16-32(18-19-33)21-27-30-29(36-31-27)25-10-5-2-6-11-25/h1-6,8-15H,7,16-22H2. The van der Waals surface area contributed by atoms with Crippen LogP contribution in [0, 0.1) is 0 Å². The Balaban J connectivity index is 1.09. The minimum Gasteiger partial charge on any atom is -0.489 e. The molecule has 2 heterocycles. The van der Waals surface area contributed by atoms with Crippen LogP contribution in [0.15, 0.2) is 89.5 Å². The van der Waals surface area contributed by atoms with E-state index in [0.717, 1.165) is 48.5 Å². The predicted molar refractivity (Wildman–Crippen MR) is 137 cm³/mol. The minimum absolute atomic E-state index is 0.153. The molecule has 36 heavy (non-hydrogen) atoms. The number of ether oxygens (including phenoxy) is 1. The van der Waals surface area contributed by atoms with E-state index in [1.165, 1.54) is 0 Å². The molecule has 0 bridgehead atoms. The van der Waals surface area contributed by atoms with E-state index in [2.05, 4.69) is 15.0 Å². The van der Waals surface area contributed by atoms with Gasteiger partial charge in [-0.25, -0.2) is 0 Å². The maximum Gasteiger partial charge on any atom is 0.257 e. The van der Waals surface area contributed by atoms with Crippen LogP contribution >= 0.6 is 0 Å². The van der Waals surface area contributed by atoms with Crippen molar-refractivity contribution in [1.82, 2.24) is 19.9 Å². The number of nitrogens with zero attached hydrogens (tertiary/aromatic N) is 4. The first-order chi connectivity index (χ1) is 17.7. The summed E-state index contributed by atoms with van der Waals surface area (Å²) >= 11 is 0. The average molecular weight is 483 g/mol. The quantitative estimate of drug-likeness (QED) is 0.366. The highest BCUT2D eigenvalue weighted by Gasteiger charge is 2.21. The molecule has 1 aliphatic heterocycles. The van der Waals surface area contributed by atoms with Crippen LogP contribution < -0.4 is 4.74 Å². The molecule has 0 N–H and O–H groups in total. The predicted octanol–water partition coefficient (Wildman–Crippen LogP) is 4.59. The molecule has 1 aromatic heterocycles. The fourth-order valence-electron chi connectivity index (χ4n) is 4.33. The van der Waals surface area contributed by atoms with E-state index in [0.29, 0.717) is 37.8 Å². The van der Waals surface area contributed by atoms with Gasteiger partial charge in [-0.15, -0.1) is 0 Å². The number of hydrogen-bond acceptors (Lipinski definition) is 6. The van der Waals surface area contributed by atoms with Crippen LogP contribution in [0.25, 0.3) is 11.5 Å². The van der Waals surface area contributed by atoms with Crippen molar-refractivity contribution in [2.45, 2.75) is 26.0 Å². The first kappa shape index (κ1) is 23.8. The van der Waals surface area contributed by atoms with E-state index in [1.54, 1.807) is 0 Å². The van der Waals surface area contributed by atoms with Gasteiger partial charge in [0.1, 0.15) is 12.4 Å².